The number of hydrogen-bond acceptors (Lipinski definition) is 2. The standard InChI is InChI=1S/C24H23FO2.2C2H6/c1-15-8-11-21(24(27-2)23(15)25)22-19(16-6-4-3-5-7-16)12-9-17-14-18(26)10-13-20(17)22;2*1-2/h3-8,10-11,13-14,19,22,26H,9,12H2,1-2H3;2*1-2H3. The quantitative estimate of drug-likeness (QED) is 0.467. The van der Waals surface area contributed by atoms with Crippen molar-refractivity contribution in [1.29, 1.82) is 0 Å². The lowest BCUT2D eigenvalue weighted by Crippen LogP contribution is -2.21. The molecular formula is C28H35FO2. The Bertz CT molecular complexity index is 966. The Kier molecular flexibility index (Phi) is 9.11. The highest BCUT2D eigenvalue weighted by Gasteiger charge is 2.34. The Labute approximate surface area is 186 Å². The van der Waals surface area contributed by atoms with Gasteiger partial charge in [0.05, 0.1) is 7.11 Å². The average Bonchev–Trinajstić information content (AvgIpc) is 2.83. The maximum atomic E-state index is 14.8. The van der Waals surface area contributed by atoms with Crippen molar-refractivity contribution in [3.05, 3.63) is 94.3 Å². The Morgan fingerprint density at radius 2 is 1.55 bits per heavy atom. The maximum Gasteiger partial charge on any atom is 0.168 e. The van der Waals surface area contributed by atoms with Crippen LogP contribution in [0, 0.1) is 12.7 Å². The van der Waals surface area contributed by atoms with E-state index in [2.05, 4.69) is 12.1 Å². The molecule has 4 rings (SSSR count). The van der Waals surface area contributed by atoms with E-state index >= 15 is 0 Å². The van der Waals surface area contributed by atoms with Crippen molar-refractivity contribution in [2.24, 2.45) is 0 Å². The Balaban J connectivity index is 0.000000807. The molecule has 2 unspecified atom stereocenters. The van der Waals surface area contributed by atoms with Gasteiger partial charge in [0.25, 0.3) is 0 Å². The fraction of sp³-hybridized carbons (Fsp3) is 0.357. The van der Waals surface area contributed by atoms with E-state index in [1.54, 1.807) is 13.0 Å². The summed E-state index contributed by atoms with van der Waals surface area (Å²) in [5.74, 6) is 0.489. The second-order valence-electron chi connectivity index (χ2n) is 7.24. The summed E-state index contributed by atoms with van der Waals surface area (Å²) in [6, 6.07) is 19.7. The highest BCUT2D eigenvalue weighted by Crippen LogP contribution is 2.49. The van der Waals surface area contributed by atoms with Crippen molar-refractivity contribution < 1.29 is 14.2 Å². The first-order valence-corrected chi connectivity index (χ1v) is 11.3. The fourth-order valence-corrected chi connectivity index (χ4v) is 4.37. The Hall–Kier alpha value is -2.81. The third kappa shape index (κ3) is 5.10. The molecule has 0 saturated heterocycles. The number of ether oxygens (including phenoxy) is 1. The number of aryl methyl sites for hydroxylation is 2. The van der Waals surface area contributed by atoms with Crippen LogP contribution in [-0.2, 0) is 6.42 Å². The summed E-state index contributed by atoms with van der Waals surface area (Å²) < 4.78 is 20.3. The molecule has 0 aromatic heterocycles. The molecule has 1 aliphatic rings. The van der Waals surface area contributed by atoms with E-state index in [0.29, 0.717) is 11.3 Å². The predicted octanol–water partition coefficient (Wildman–Crippen LogP) is 7.76. The number of fused-ring (bicyclic) bond motifs is 1. The first kappa shape index (κ1) is 24.5. The number of aromatic hydroxyl groups is 1. The van der Waals surface area contributed by atoms with Gasteiger partial charge >= 0.3 is 0 Å². The topological polar surface area (TPSA) is 29.5 Å². The second kappa shape index (κ2) is 11.5. The first-order chi connectivity index (χ1) is 15.1. The van der Waals surface area contributed by atoms with Crippen LogP contribution in [0.1, 0.15) is 73.8 Å². The summed E-state index contributed by atoms with van der Waals surface area (Å²) in [6.07, 6.45) is 1.82. The van der Waals surface area contributed by atoms with Crippen molar-refractivity contribution in [2.45, 2.75) is 59.3 Å². The number of methoxy groups -OCH3 is 1. The van der Waals surface area contributed by atoms with Crippen molar-refractivity contribution >= 4 is 0 Å². The molecule has 0 saturated carbocycles. The average molecular weight is 423 g/mol. The van der Waals surface area contributed by atoms with Crippen LogP contribution in [0.15, 0.2) is 60.7 Å². The lowest BCUT2D eigenvalue weighted by Gasteiger charge is -2.35. The molecule has 0 fully saturated rings. The molecule has 0 spiro atoms. The molecule has 3 heteroatoms. The van der Waals surface area contributed by atoms with Gasteiger partial charge in [-0.2, -0.15) is 0 Å². The molecule has 2 atom stereocenters. The Morgan fingerprint density at radius 3 is 2.19 bits per heavy atom. The zero-order chi connectivity index (χ0) is 23.0. The number of rotatable bonds is 3. The van der Waals surface area contributed by atoms with Gasteiger partial charge in [-0.15, -0.1) is 0 Å². The second-order valence-corrected chi connectivity index (χ2v) is 7.24. The number of halogens is 1. The number of phenolic OH excluding ortho intramolecular Hbond substituents is 1. The van der Waals surface area contributed by atoms with Crippen molar-refractivity contribution in [3.63, 3.8) is 0 Å². The van der Waals surface area contributed by atoms with Crippen LogP contribution < -0.4 is 4.74 Å². The van der Waals surface area contributed by atoms with Gasteiger partial charge in [-0.25, -0.2) is 4.39 Å². The summed E-state index contributed by atoms with van der Waals surface area (Å²) in [4.78, 5) is 0. The van der Waals surface area contributed by atoms with Gasteiger partial charge in [0.1, 0.15) is 5.75 Å². The van der Waals surface area contributed by atoms with E-state index in [1.807, 2.05) is 70.2 Å². The minimum Gasteiger partial charge on any atom is -0.508 e. The van der Waals surface area contributed by atoms with Crippen molar-refractivity contribution in [2.75, 3.05) is 7.11 Å². The van der Waals surface area contributed by atoms with Crippen molar-refractivity contribution in [3.8, 4) is 11.5 Å². The van der Waals surface area contributed by atoms with Crippen LogP contribution in [0.2, 0.25) is 0 Å². The molecule has 0 amide bonds. The molecular weight excluding hydrogens is 387 g/mol. The van der Waals surface area contributed by atoms with Crippen molar-refractivity contribution in [1.82, 2.24) is 0 Å². The minimum atomic E-state index is -0.298. The van der Waals surface area contributed by atoms with Crippen LogP contribution in [-0.4, -0.2) is 12.2 Å². The smallest absolute Gasteiger partial charge is 0.168 e. The van der Waals surface area contributed by atoms with Gasteiger partial charge in [-0.05, 0) is 60.1 Å². The third-order valence-electron chi connectivity index (χ3n) is 5.68. The summed E-state index contributed by atoms with van der Waals surface area (Å²) in [7, 11) is 1.53. The van der Waals surface area contributed by atoms with E-state index < -0.39 is 0 Å². The lowest BCUT2D eigenvalue weighted by atomic mass is 9.69. The predicted molar refractivity (Wildman–Crippen MR) is 128 cm³/mol. The van der Waals surface area contributed by atoms with E-state index in [-0.39, 0.29) is 23.4 Å². The molecule has 3 aromatic carbocycles. The van der Waals surface area contributed by atoms with Gasteiger partial charge in [0.2, 0.25) is 0 Å². The normalized spacial score (nSPS) is 16.7. The van der Waals surface area contributed by atoms with E-state index in [4.69, 9.17) is 4.74 Å². The number of phenols is 1. The minimum absolute atomic E-state index is 0.0261. The van der Waals surface area contributed by atoms with E-state index in [1.165, 1.54) is 12.7 Å². The molecule has 0 heterocycles. The number of benzene rings is 3. The molecule has 166 valence electrons. The Morgan fingerprint density at radius 1 is 0.903 bits per heavy atom. The van der Waals surface area contributed by atoms with Crippen LogP contribution in [0.5, 0.6) is 11.5 Å². The van der Waals surface area contributed by atoms with Gasteiger partial charge in [-0.1, -0.05) is 76.2 Å². The molecule has 31 heavy (non-hydrogen) atoms. The van der Waals surface area contributed by atoms with Gasteiger partial charge in [-0.3, -0.25) is 0 Å². The third-order valence-corrected chi connectivity index (χ3v) is 5.68. The van der Waals surface area contributed by atoms with Crippen LogP contribution >= 0.6 is 0 Å². The fourth-order valence-electron chi connectivity index (χ4n) is 4.37. The molecule has 3 aromatic rings. The van der Waals surface area contributed by atoms with E-state index in [9.17, 15) is 9.50 Å². The molecule has 0 bridgehead atoms. The summed E-state index contributed by atoms with van der Waals surface area (Å²) >= 11 is 0. The van der Waals surface area contributed by atoms with Crippen LogP contribution in [0.4, 0.5) is 4.39 Å². The van der Waals surface area contributed by atoms with Crippen LogP contribution in [0.25, 0.3) is 0 Å². The SMILES string of the molecule is CC.CC.COc1c(C2c3ccc(O)cc3CCC2c2ccccc2)ccc(C)c1F. The zero-order valence-corrected chi connectivity index (χ0v) is 19.6. The maximum absolute atomic E-state index is 14.8. The van der Waals surface area contributed by atoms with Gasteiger partial charge in [0.15, 0.2) is 11.6 Å². The number of hydrogen-bond donors (Lipinski definition) is 1. The molecule has 2 nitrogen and oxygen atoms in total. The monoisotopic (exact) mass is 422 g/mol. The first-order valence-electron chi connectivity index (χ1n) is 11.3. The highest BCUT2D eigenvalue weighted by molar-refractivity contribution is 5.52. The van der Waals surface area contributed by atoms with Gasteiger partial charge in [0, 0.05) is 11.5 Å². The summed E-state index contributed by atoms with van der Waals surface area (Å²) in [5.41, 5.74) is 4.93. The zero-order valence-electron chi connectivity index (χ0n) is 19.6. The molecule has 1 N–H and O–H groups in total. The molecule has 1 aliphatic carbocycles. The summed E-state index contributed by atoms with van der Waals surface area (Å²) in [5, 5.41) is 9.92. The molecule has 0 radical (unpaired) electrons. The summed E-state index contributed by atoms with van der Waals surface area (Å²) in [6.45, 7) is 9.75. The van der Waals surface area contributed by atoms with Crippen LogP contribution in [0.3, 0.4) is 0 Å². The van der Waals surface area contributed by atoms with Gasteiger partial charge < -0.3 is 9.84 Å². The van der Waals surface area contributed by atoms with E-state index in [0.717, 1.165) is 29.5 Å². The largest absolute Gasteiger partial charge is 0.508 e. The molecule has 0 aliphatic heterocycles. The highest BCUT2D eigenvalue weighted by atomic mass is 19.1. The lowest BCUT2D eigenvalue weighted by molar-refractivity contribution is 0.372.